The molecule has 0 spiro atoms. The summed E-state index contributed by atoms with van der Waals surface area (Å²) in [7, 11) is 0. The van der Waals surface area contributed by atoms with Gasteiger partial charge in [0.2, 0.25) is 0 Å². The zero-order valence-electron chi connectivity index (χ0n) is 14.6. The van der Waals surface area contributed by atoms with Gasteiger partial charge in [-0.1, -0.05) is 23.9 Å². The third-order valence-corrected chi connectivity index (χ3v) is 6.13. The number of fused-ring (bicyclic) bond motifs is 1. The SMILES string of the molecule is CCn1c(SCCCC#N)nc2sc(C)c(-c3ccc(F)cc3)c2c1=O. The van der Waals surface area contributed by atoms with E-state index in [-0.39, 0.29) is 11.4 Å². The van der Waals surface area contributed by atoms with Crippen molar-refractivity contribution in [1.82, 2.24) is 9.55 Å². The monoisotopic (exact) mass is 387 g/mol. The van der Waals surface area contributed by atoms with Crippen molar-refractivity contribution in [2.75, 3.05) is 5.75 Å². The highest BCUT2D eigenvalue weighted by molar-refractivity contribution is 7.99. The van der Waals surface area contributed by atoms with Crippen molar-refractivity contribution in [1.29, 1.82) is 5.26 Å². The number of hydrogen-bond acceptors (Lipinski definition) is 5. The summed E-state index contributed by atoms with van der Waals surface area (Å²) in [4.78, 5) is 19.5. The molecule has 0 radical (unpaired) electrons. The van der Waals surface area contributed by atoms with Crippen molar-refractivity contribution in [3.63, 3.8) is 0 Å². The van der Waals surface area contributed by atoms with Crippen molar-refractivity contribution in [2.45, 2.75) is 38.4 Å². The third kappa shape index (κ3) is 3.53. The van der Waals surface area contributed by atoms with Crippen molar-refractivity contribution in [2.24, 2.45) is 0 Å². The van der Waals surface area contributed by atoms with Crippen LogP contribution in [0.25, 0.3) is 21.3 Å². The molecule has 26 heavy (non-hydrogen) atoms. The molecule has 7 heteroatoms. The van der Waals surface area contributed by atoms with Crippen molar-refractivity contribution < 1.29 is 4.39 Å². The Balaban J connectivity index is 2.12. The predicted molar refractivity (Wildman–Crippen MR) is 105 cm³/mol. The van der Waals surface area contributed by atoms with Gasteiger partial charge in [0.25, 0.3) is 5.56 Å². The lowest BCUT2D eigenvalue weighted by molar-refractivity contribution is 0.628. The summed E-state index contributed by atoms with van der Waals surface area (Å²) in [6, 6.07) is 8.34. The lowest BCUT2D eigenvalue weighted by Crippen LogP contribution is -2.22. The minimum Gasteiger partial charge on any atom is -0.287 e. The molecule has 0 aliphatic heterocycles. The van der Waals surface area contributed by atoms with E-state index < -0.39 is 0 Å². The topological polar surface area (TPSA) is 58.7 Å². The van der Waals surface area contributed by atoms with E-state index in [0.29, 0.717) is 28.3 Å². The van der Waals surface area contributed by atoms with E-state index in [0.717, 1.165) is 28.2 Å². The van der Waals surface area contributed by atoms with E-state index in [1.807, 2.05) is 13.8 Å². The Kier molecular flexibility index (Phi) is 5.74. The number of unbranched alkanes of at least 4 members (excludes halogenated alkanes) is 1. The quantitative estimate of drug-likeness (QED) is 0.340. The lowest BCUT2D eigenvalue weighted by atomic mass is 10.0. The smallest absolute Gasteiger partial charge is 0.263 e. The number of thiophene rings is 1. The molecule has 0 atom stereocenters. The summed E-state index contributed by atoms with van der Waals surface area (Å²) >= 11 is 3.00. The van der Waals surface area contributed by atoms with Gasteiger partial charge in [0, 0.05) is 29.2 Å². The third-order valence-electron chi connectivity index (χ3n) is 4.07. The second-order valence-corrected chi connectivity index (χ2v) is 8.04. The largest absolute Gasteiger partial charge is 0.287 e. The minimum absolute atomic E-state index is 0.0658. The summed E-state index contributed by atoms with van der Waals surface area (Å²) in [5.41, 5.74) is 1.60. The van der Waals surface area contributed by atoms with Gasteiger partial charge in [-0.15, -0.1) is 11.3 Å². The van der Waals surface area contributed by atoms with Gasteiger partial charge in [0.1, 0.15) is 10.6 Å². The van der Waals surface area contributed by atoms with Crippen LogP contribution in [0.4, 0.5) is 4.39 Å². The Bertz CT molecular complexity index is 1030. The van der Waals surface area contributed by atoms with Crippen LogP contribution in [0.3, 0.4) is 0 Å². The standard InChI is InChI=1S/C19H18FN3OS2/c1-3-23-18(24)16-15(13-6-8-14(20)9-7-13)12(2)26-17(16)22-19(23)25-11-5-4-10-21/h6-9H,3-5,11H2,1-2H3. The number of nitrogens with zero attached hydrogens (tertiary/aromatic N) is 3. The van der Waals surface area contributed by atoms with E-state index in [2.05, 4.69) is 6.07 Å². The Morgan fingerprint density at radius 3 is 2.73 bits per heavy atom. The maximum Gasteiger partial charge on any atom is 0.263 e. The number of thioether (sulfide) groups is 1. The van der Waals surface area contributed by atoms with E-state index in [4.69, 9.17) is 10.2 Å². The first-order valence-electron chi connectivity index (χ1n) is 8.36. The molecule has 0 aliphatic rings. The Morgan fingerprint density at radius 2 is 2.08 bits per heavy atom. The molecule has 2 heterocycles. The van der Waals surface area contributed by atoms with Gasteiger partial charge in [-0.05, 0) is 38.0 Å². The van der Waals surface area contributed by atoms with E-state index >= 15 is 0 Å². The van der Waals surface area contributed by atoms with Gasteiger partial charge < -0.3 is 0 Å². The minimum atomic E-state index is -0.300. The fraction of sp³-hybridized carbons (Fsp3) is 0.316. The van der Waals surface area contributed by atoms with Gasteiger partial charge in [-0.2, -0.15) is 5.26 Å². The van der Waals surface area contributed by atoms with Crippen LogP contribution in [0, 0.1) is 24.1 Å². The number of halogens is 1. The maximum atomic E-state index is 13.3. The number of aryl methyl sites for hydroxylation is 1. The van der Waals surface area contributed by atoms with Crippen molar-refractivity contribution in [3.8, 4) is 17.2 Å². The molecule has 0 fully saturated rings. The zero-order chi connectivity index (χ0) is 18.7. The average Bonchev–Trinajstić information content (AvgIpc) is 2.96. The lowest BCUT2D eigenvalue weighted by Gasteiger charge is -2.10. The predicted octanol–water partition coefficient (Wildman–Crippen LogP) is 4.99. The highest BCUT2D eigenvalue weighted by Gasteiger charge is 2.19. The fourth-order valence-electron chi connectivity index (χ4n) is 2.84. The first-order chi connectivity index (χ1) is 12.6. The molecule has 0 aliphatic carbocycles. The van der Waals surface area contributed by atoms with Crippen LogP contribution in [0.5, 0.6) is 0 Å². The summed E-state index contributed by atoms with van der Waals surface area (Å²) in [5.74, 6) is 0.451. The number of hydrogen-bond donors (Lipinski definition) is 0. The molecule has 2 aromatic heterocycles. The van der Waals surface area contributed by atoms with Gasteiger partial charge in [0.05, 0.1) is 11.5 Å². The highest BCUT2D eigenvalue weighted by atomic mass is 32.2. The summed E-state index contributed by atoms with van der Waals surface area (Å²) in [5, 5.41) is 9.95. The molecular formula is C19H18FN3OS2. The molecule has 3 aromatic rings. The van der Waals surface area contributed by atoms with Gasteiger partial charge in [0.15, 0.2) is 5.16 Å². The van der Waals surface area contributed by atoms with Crippen molar-refractivity contribution in [3.05, 3.63) is 45.3 Å². The Labute approximate surface area is 159 Å². The molecule has 0 saturated carbocycles. The first-order valence-corrected chi connectivity index (χ1v) is 10.2. The van der Waals surface area contributed by atoms with Crippen LogP contribution in [0.2, 0.25) is 0 Å². The molecule has 1 aromatic carbocycles. The second kappa shape index (κ2) is 8.02. The van der Waals surface area contributed by atoms with Crippen LogP contribution < -0.4 is 5.56 Å². The van der Waals surface area contributed by atoms with E-state index in [9.17, 15) is 9.18 Å². The molecule has 0 N–H and O–H groups in total. The number of aromatic nitrogens is 2. The molecule has 134 valence electrons. The summed E-state index contributed by atoms with van der Waals surface area (Å²) < 4.78 is 14.9. The van der Waals surface area contributed by atoms with Crippen LogP contribution in [0.15, 0.2) is 34.2 Å². The molecule has 0 bridgehead atoms. The first kappa shape index (κ1) is 18.6. The summed E-state index contributed by atoms with van der Waals surface area (Å²) in [6.07, 6.45) is 1.27. The molecule has 0 amide bonds. The van der Waals surface area contributed by atoms with Crippen LogP contribution in [0.1, 0.15) is 24.6 Å². The molecule has 0 saturated heterocycles. The van der Waals surface area contributed by atoms with Gasteiger partial charge >= 0.3 is 0 Å². The van der Waals surface area contributed by atoms with Crippen LogP contribution in [-0.2, 0) is 6.54 Å². The average molecular weight is 388 g/mol. The number of nitriles is 1. The fourth-order valence-corrected chi connectivity index (χ4v) is 4.93. The van der Waals surface area contributed by atoms with E-state index in [1.165, 1.54) is 35.2 Å². The van der Waals surface area contributed by atoms with Gasteiger partial charge in [-0.25, -0.2) is 9.37 Å². The van der Waals surface area contributed by atoms with Crippen molar-refractivity contribution >= 4 is 33.3 Å². The van der Waals surface area contributed by atoms with Crippen LogP contribution >= 0.6 is 23.1 Å². The molecule has 4 nitrogen and oxygen atoms in total. The molecule has 3 rings (SSSR count). The molecule has 0 unspecified atom stereocenters. The Hall–Kier alpha value is -2.17. The highest BCUT2D eigenvalue weighted by Crippen LogP contribution is 2.36. The van der Waals surface area contributed by atoms with E-state index in [1.54, 1.807) is 16.7 Å². The Morgan fingerprint density at radius 1 is 1.35 bits per heavy atom. The molecular weight excluding hydrogens is 369 g/mol. The zero-order valence-corrected chi connectivity index (χ0v) is 16.2. The summed E-state index contributed by atoms with van der Waals surface area (Å²) in [6.45, 7) is 4.41. The van der Waals surface area contributed by atoms with Crippen LogP contribution in [-0.4, -0.2) is 15.3 Å². The maximum absolute atomic E-state index is 13.3. The normalized spacial score (nSPS) is 11.0. The number of rotatable bonds is 6. The van der Waals surface area contributed by atoms with Gasteiger partial charge in [-0.3, -0.25) is 9.36 Å². The second-order valence-electron chi connectivity index (χ2n) is 5.77. The number of benzene rings is 1.